The Kier molecular flexibility index (Phi) is 3.46. The number of H-pyrrole nitrogens is 1. The molecule has 0 aliphatic heterocycles. The average molecular weight is 232 g/mol. The lowest BCUT2D eigenvalue weighted by Crippen LogP contribution is -2.15. The van der Waals surface area contributed by atoms with E-state index < -0.39 is 0 Å². The quantitative estimate of drug-likeness (QED) is 0.830. The molecule has 1 aromatic heterocycles. The van der Waals surface area contributed by atoms with Crippen LogP contribution in [0.2, 0.25) is 0 Å². The minimum Gasteiger partial charge on any atom is -0.380 e. The number of hydrogen-bond donors (Lipinski definition) is 2. The summed E-state index contributed by atoms with van der Waals surface area (Å²) < 4.78 is 5.04. The number of carbonyl (C=O) groups excluding carboxylic acids is 1. The van der Waals surface area contributed by atoms with Gasteiger partial charge in [-0.25, -0.2) is 5.10 Å². The van der Waals surface area contributed by atoms with Gasteiger partial charge in [0, 0.05) is 12.7 Å². The summed E-state index contributed by atoms with van der Waals surface area (Å²) in [6, 6.07) is 7.24. The molecule has 17 heavy (non-hydrogen) atoms. The van der Waals surface area contributed by atoms with Crippen molar-refractivity contribution in [1.82, 2.24) is 15.2 Å². The normalized spacial score (nSPS) is 10.2. The zero-order chi connectivity index (χ0) is 12.1. The third-order valence-corrected chi connectivity index (χ3v) is 2.21. The number of anilines is 1. The van der Waals surface area contributed by atoms with Gasteiger partial charge in [0.2, 0.25) is 5.95 Å². The monoisotopic (exact) mass is 232 g/mol. The van der Waals surface area contributed by atoms with E-state index in [4.69, 9.17) is 4.74 Å². The van der Waals surface area contributed by atoms with Crippen molar-refractivity contribution in [3.63, 3.8) is 0 Å². The number of ether oxygens (including phenoxy) is 1. The van der Waals surface area contributed by atoms with Crippen LogP contribution in [0, 0.1) is 0 Å². The van der Waals surface area contributed by atoms with Crippen LogP contribution < -0.4 is 5.32 Å². The van der Waals surface area contributed by atoms with Gasteiger partial charge in [-0.1, -0.05) is 18.2 Å². The molecule has 88 valence electrons. The van der Waals surface area contributed by atoms with Crippen molar-refractivity contribution < 1.29 is 9.53 Å². The van der Waals surface area contributed by atoms with Gasteiger partial charge in [-0.2, -0.15) is 10.1 Å². The second-order valence-electron chi connectivity index (χ2n) is 3.38. The maximum atomic E-state index is 12.0. The van der Waals surface area contributed by atoms with E-state index in [0.717, 1.165) is 5.56 Å². The summed E-state index contributed by atoms with van der Waals surface area (Å²) in [7, 11) is 1.59. The fourth-order valence-electron chi connectivity index (χ4n) is 1.46. The highest BCUT2D eigenvalue weighted by Crippen LogP contribution is 2.11. The molecule has 1 heterocycles. The lowest BCUT2D eigenvalue weighted by molar-refractivity contribution is 0.102. The number of rotatable bonds is 4. The van der Waals surface area contributed by atoms with E-state index in [9.17, 15) is 4.79 Å². The minimum atomic E-state index is -0.241. The molecule has 2 rings (SSSR count). The molecule has 6 nitrogen and oxygen atoms in total. The van der Waals surface area contributed by atoms with Gasteiger partial charge in [-0.05, 0) is 11.6 Å². The Labute approximate surface area is 98.0 Å². The zero-order valence-electron chi connectivity index (χ0n) is 9.30. The molecular weight excluding hydrogens is 220 g/mol. The predicted molar refractivity (Wildman–Crippen MR) is 61.5 cm³/mol. The van der Waals surface area contributed by atoms with Crippen LogP contribution in [0.4, 0.5) is 5.95 Å². The second kappa shape index (κ2) is 5.22. The zero-order valence-corrected chi connectivity index (χ0v) is 9.30. The van der Waals surface area contributed by atoms with E-state index in [2.05, 4.69) is 20.5 Å². The van der Waals surface area contributed by atoms with Gasteiger partial charge in [-0.15, -0.1) is 0 Å². The van der Waals surface area contributed by atoms with Crippen molar-refractivity contribution >= 4 is 11.9 Å². The molecule has 0 aliphatic carbocycles. The predicted octanol–water partition coefficient (Wildman–Crippen LogP) is 1.20. The number of carbonyl (C=O) groups is 1. The Balaban J connectivity index is 2.18. The molecule has 0 unspecified atom stereocenters. The van der Waals surface area contributed by atoms with Gasteiger partial charge in [0.05, 0.1) is 6.61 Å². The van der Waals surface area contributed by atoms with Crippen LogP contribution in [0.3, 0.4) is 0 Å². The summed E-state index contributed by atoms with van der Waals surface area (Å²) in [5.74, 6) is 0.0802. The number of benzene rings is 1. The molecule has 1 amide bonds. The van der Waals surface area contributed by atoms with Crippen molar-refractivity contribution in [1.29, 1.82) is 0 Å². The molecule has 2 N–H and O–H groups in total. The van der Waals surface area contributed by atoms with Gasteiger partial charge in [-0.3, -0.25) is 10.1 Å². The Morgan fingerprint density at radius 2 is 2.29 bits per heavy atom. The maximum Gasteiger partial charge on any atom is 0.258 e. The van der Waals surface area contributed by atoms with Crippen LogP contribution in [0.15, 0.2) is 30.6 Å². The summed E-state index contributed by atoms with van der Waals surface area (Å²) >= 11 is 0. The molecular formula is C11H12N4O2. The van der Waals surface area contributed by atoms with E-state index in [0.29, 0.717) is 18.1 Å². The highest BCUT2D eigenvalue weighted by Gasteiger charge is 2.11. The summed E-state index contributed by atoms with van der Waals surface area (Å²) in [6.07, 6.45) is 1.33. The first-order chi connectivity index (χ1) is 8.31. The number of nitrogens with one attached hydrogen (secondary N) is 2. The third kappa shape index (κ3) is 2.67. The summed E-state index contributed by atoms with van der Waals surface area (Å²) in [4.78, 5) is 15.8. The molecule has 0 radical (unpaired) electrons. The van der Waals surface area contributed by atoms with Gasteiger partial charge < -0.3 is 4.74 Å². The molecule has 0 saturated carbocycles. The second-order valence-corrected chi connectivity index (χ2v) is 3.38. The van der Waals surface area contributed by atoms with Crippen molar-refractivity contribution in [3.8, 4) is 0 Å². The van der Waals surface area contributed by atoms with Gasteiger partial charge in [0.25, 0.3) is 5.91 Å². The van der Waals surface area contributed by atoms with Gasteiger partial charge >= 0.3 is 0 Å². The lowest BCUT2D eigenvalue weighted by Gasteiger charge is -2.07. The Morgan fingerprint density at radius 1 is 1.47 bits per heavy atom. The molecule has 0 bridgehead atoms. The van der Waals surface area contributed by atoms with Crippen LogP contribution >= 0.6 is 0 Å². The molecule has 0 atom stereocenters. The number of hydrogen-bond acceptors (Lipinski definition) is 4. The fraction of sp³-hybridized carbons (Fsp3) is 0.182. The number of aromatic nitrogens is 3. The van der Waals surface area contributed by atoms with Crippen molar-refractivity contribution in [3.05, 3.63) is 41.7 Å². The third-order valence-electron chi connectivity index (χ3n) is 2.21. The molecule has 2 aromatic rings. The van der Waals surface area contributed by atoms with Crippen LogP contribution in [0.1, 0.15) is 15.9 Å². The van der Waals surface area contributed by atoms with Crippen LogP contribution in [0.5, 0.6) is 0 Å². The SMILES string of the molecule is COCc1ccccc1C(=O)Nc1ncn[nH]1. The number of amides is 1. The largest absolute Gasteiger partial charge is 0.380 e. The molecule has 1 aromatic carbocycles. The van der Waals surface area contributed by atoms with Crippen LogP contribution in [-0.4, -0.2) is 28.2 Å². The Morgan fingerprint density at radius 3 is 3.00 bits per heavy atom. The standard InChI is InChI=1S/C11H12N4O2/c1-17-6-8-4-2-3-5-9(8)10(16)14-11-12-7-13-15-11/h2-5,7H,6H2,1H3,(H2,12,13,14,15,16). The Bertz CT molecular complexity index is 496. The van der Waals surface area contributed by atoms with Crippen molar-refractivity contribution in [2.75, 3.05) is 12.4 Å². The minimum absolute atomic E-state index is 0.241. The highest BCUT2D eigenvalue weighted by atomic mass is 16.5. The first-order valence-corrected chi connectivity index (χ1v) is 5.05. The lowest BCUT2D eigenvalue weighted by atomic mass is 10.1. The van der Waals surface area contributed by atoms with Crippen molar-refractivity contribution in [2.45, 2.75) is 6.61 Å². The first-order valence-electron chi connectivity index (χ1n) is 5.05. The van der Waals surface area contributed by atoms with E-state index in [1.807, 2.05) is 12.1 Å². The topological polar surface area (TPSA) is 79.9 Å². The molecule has 0 saturated heterocycles. The number of nitrogens with zero attached hydrogens (tertiary/aromatic N) is 2. The van der Waals surface area contributed by atoms with E-state index in [1.165, 1.54) is 6.33 Å². The summed E-state index contributed by atoms with van der Waals surface area (Å²) in [6.45, 7) is 0.389. The van der Waals surface area contributed by atoms with Gasteiger partial charge in [0.15, 0.2) is 0 Å². The Hall–Kier alpha value is -2.21. The number of aromatic amines is 1. The molecule has 0 fully saturated rings. The van der Waals surface area contributed by atoms with E-state index in [-0.39, 0.29) is 5.91 Å². The maximum absolute atomic E-state index is 12.0. The molecule has 0 spiro atoms. The van der Waals surface area contributed by atoms with Crippen LogP contribution in [0.25, 0.3) is 0 Å². The smallest absolute Gasteiger partial charge is 0.258 e. The summed E-state index contributed by atoms with van der Waals surface area (Å²) in [5, 5.41) is 8.83. The van der Waals surface area contributed by atoms with Crippen molar-refractivity contribution in [2.24, 2.45) is 0 Å². The molecule has 0 aliphatic rings. The highest BCUT2D eigenvalue weighted by molar-refractivity contribution is 6.04. The molecule has 6 heteroatoms. The fourth-order valence-corrected chi connectivity index (χ4v) is 1.46. The van der Waals surface area contributed by atoms with Gasteiger partial charge in [0.1, 0.15) is 6.33 Å². The summed E-state index contributed by atoms with van der Waals surface area (Å²) in [5.41, 5.74) is 1.39. The van der Waals surface area contributed by atoms with E-state index in [1.54, 1.807) is 19.2 Å². The number of methoxy groups -OCH3 is 1. The average Bonchev–Trinajstić information content (AvgIpc) is 2.83. The van der Waals surface area contributed by atoms with Crippen LogP contribution in [-0.2, 0) is 11.3 Å². The van der Waals surface area contributed by atoms with E-state index >= 15 is 0 Å². The first kappa shape index (κ1) is 11.3.